The summed E-state index contributed by atoms with van der Waals surface area (Å²) in [4.78, 5) is 0. The van der Waals surface area contributed by atoms with E-state index in [0.29, 0.717) is 0 Å². The number of aromatic hydroxyl groups is 1. The highest BCUT2D eigenvalue weighted by Gasteiger charge is 1.98. The lowest BCUT2D eigenvalue weighted by atomic mass is 10.0. The van der Waals surface area contributed by atoms with Crippen LogP contribution in [0.25, 0.3) is 12.2 Å². The molecule has 0 aliphatic carbocycles. The molecule has 0 saturated carbocycles. The Balaban J connectivity index is 0.000000204. The molecule has 20 heavy (non-hydrogen) atoms. The van der Waals surface area contributed by atoms with Gasteiger partial charge in [-0.1, -0.05) is 61.2 Å². The molecule has 0 aromatic heterocycles. The third kappa shape index (κ3) is 4.13. The van der Waals surface area contributed by atoms with Gasteiger partial charge in [-0.25, -0.2) is 0 Å². The van der Waals surface area contributed by atoms with Crippen LogP contribution >= 0.6 is 0 Å². The second kappa shape index (κ2) is 7.34. The van der Waals surface area contributed by atoms with Crippen molar-refractivity contribution in [3.63, 3.8) is 0 Å². The number of hydrogen-bond acceptors (Lipinski definition) is 1. The van der Waals surface area contributed by atoms with E-state index in [1.165, 1.54) is 22.3 Å². The summed E-state index contributed by atoms with van der Waals surface area (Å²) >= 11 is 0. The van der Waals surface area contributed by atoms with Gasteiger partial charge < -0.3 is 5.11 Å². The van der Waals surface area contributed by atoms with E-state index in [0.717, 1.165) is 5.56 Å². The second-order valence-electron chi connectivity index (χ2n) is 4.78. The molecule has 2 aromatic rings. The summed E-state index contributed by atoms with van der Waals surface area (Å²) in [6.45, 7) is 13.7. The van der Waals surface area contributed by atoms with Crippen molar-refractivity contribution in [2.24, 2.45) is 0 Å². The van der Waals surface area contributed by atoms with Crippen LogP contribution in [0.4, 0.5) is 0 Å². The maximum atomic E-state index is 9.04. The monoisotopic (exact) mass is 266 g/mol. The third-order valence-electron chi connectivity index (χ3n) is 3.10. The molecule has 0 heterocycles. The number of phenolic OH excluding ortho intramolecular Hbond substituents is 1. The van der Waals surface area contributed by atoms with Crippen molar-refractivity contribution in [2.45, 2.75) is 20.8 Å². The number of phenols is 1. The molecule has 0 aliphatic rings. The van der Waals surface area contributed by atoms with Gasteiger partial charge in [0.15, 0.2) is 0 Å². The highest BCUT2D eigenvalue weighted by molar-refractivity contribution is 5.56. The topological polar surface area (TPSA) is 20.2 Å². The summed E-state index contributed by atoms with van der Waals surface area (Å²) in [5, 5.41) is 9.04. The third-order valence-corrected chi connectivity index (χ3v) is 3.10. The normalized spacial score (nSPS) is 9.35. The minimum Gasteiger partial charge on any atom is -0.507 e. The maximum Gasteiger partial charge on any atom is 0.122 e. The van der Waals surface area contributed by atoms with Gasteiger partial charge in [0.25, 0.3) is 0 Å². The molecule has 0 bridgehead atoms. The van der Waals surface area contributed by atoms with Crippen molar-refractivity contribution in [1.82, 2.24) is 0 Å². The summed E-state index contributed by atoms with van der Waals surface area (Å²) in [5.74, 6) is 0.285. The minimum atomic E-state index is 0.285. The maximum absolute atomic E-state index is 9.04. The fraction of sp³-hybridized carbons (Fsp3) is 0.158. The van der Waals surface area contributed by atoms with Gasteiger partial charge in [-0.15, -0.1) is 0 Å². The van der Waals surface area contributed by atoms with E-state index < -0.39 is 0 Å². The van der Waals surface area contributed by atoms with Crippen LogP contribution in [-0.4, -0.2) is 5.11 Å². The summed E-state index contributed by atoms with van der Waals surface area (Å²) in [6, 6.07) is 11.5. The molecule has 1 nitrogen and oxygen atoms in total. The smallest absolute Gasteiger partial charge is 0.122 e. The van der Waals surface area contributed by atoms with Gasteiger partial charge in [0.2, 0.25) is 0 Å². The predicted molar refractivity (Wildman–Crippen MR) is 88.9 cm³/mol. The Bertz CT molecular complexity index is 586. The number of para-hydroxylation sites is 1. The Morgan fingerprint density at radius 1 is 0.900 bits per heavy atom. The quantitative estimate of drug-likeness (QED) is 0.783. The molecule has 0 radical (unpaired) electrons. The average Bonchev–Trinajstić information content (AvgIpc) is 2.39. The number of benzene rings is 2. The van der Waals surface area contributed by atoms with E-state index in [1.54, 1.807) is 18.2 Å². The Morgan fingerprint density at radius 3 is 1.85 bits per heavy atom. The van der Waals surface area contributed by atoms with E-state index in [1.807, 2.05) is 18.2 Å². The van der Waals surface area contributed by atoms with E-state index >= 15 is 0 Å². The largest absolute Gasteiger partial charge is 0.507 e. The van der Waals surface area contributed by atoms with Crippen LogP contribution < -0.4 is 0 Å². The van der Waals surface area contributed by atoms with Gasteiger partial charge >= 0.3 is 0 Å². The van der Waals surface area contributed by atoms with Crippen LogP contribution in [0, 0.1) is 20.8 Å². The first kappa shape index (κ1) is 15.8. The Morgan fingerprint density at radius 2 is 1.45 bits per heavy atom. The molecule has 2 rings (SSSR count). The van der Waals surface area contributed by atoms with Crippen molar-refractivity contribution in [3.05, 3.63) is 77.4 Å². The van der Waals surface area contributed by atoms with Crippen LogP contribution in [-0.2, 0) is 0 Å². The zero-order chi connectivity index (χ0) is 15.1. The average molecular weight is 266 g/mol. The first-order chi connectivity index (χ1) is 9.49. The molecular weight excluding hydrogens is 244 g/mol. The number of hydrogen-bond donors (Lipinski definition) is 1. The molecule has 0 atom stereocenters. The van der Waals surface area contributed by atoms with Gasteiger partial charge in [-0.05, 0) is 43.5 Å². The zero-order valence-corrected chi connectivity index (χ0v) is 12.5. The highest BCUT2D eigenvalue weighted by atomic mass is 16.3. The molecule has 0 spiro atoms. The lowest BCUT2D eigenvalue weighted by Gasteiger charge is -2.05. The van der Waals surface area contributed by atoms with Gasteiger partial charge in [0.05, 0.1) is 0 Å². The van der Waals surface area contributed by atoms with Crippen molar-refractivity contribution >= 4 is 12.2 Å². The Labute approximate surface area is 121 Å². The van der Waals surface area contributed by atoms with Crippen LogP contribution in [0.15, 0.2) is 49.6 Å². The fourth-order valence-electron chi connectivity index (χ4n) is 2.17. The van der Waals surface area contributed by atoms with E-state index in [4.69, 9.17) is 5.11 Å². The molecular formula is C19H22O. The van der Waals surface area contributed by atoms with Gasteiger partial charge in [0.1, 0.15) is 5.75 Å². The SMILES string of the molecule is C=Cc1c(C)cc(C)cc1C.C=Cc1ccccc1O. The first-order valence-electron chi connectivity index (χ1n) is 6.60. The molecule has 0 fully saturated rings. The van der Waals surface area contributed by atoms with Crippen molar-refractivity contribution in [2.75, 3.05) is 0 Å². The zero-order valence-electron chi connectivity index (χ0n) is 12.5. The van der Waals surface area contributed by atoms with Crippen LogP contribution in [0.3, 0.4) is 0 Å². The van der Waals surface area contributed by atoms with Gasteiger partial charge in [-0.2, -0.15) is 0 Å². The standard InChI is InChI=1S/C11H14.C8H8O/c1-5-11-9(3)6-8(2)7-10(11)4;1-2-7-5-3-4-6-8(7)9/h5-7H,1H2,2-4H3;2-6,9H,1H2. The summed E-state index contributed by atoms with van der Waals surface area (Å²) in [5.41, 5.74) is 6.01. The van der Waals surface area contributed by atoms with Crippen molar-refractivity contribution in [3.8, 4) is 5.75 Å². The molecule has 104 valence electrons. The molecule has 0 saturated heterocycles. The van der Waals surface area contributed by atoms with Crippen LogP contribution in [0.5, 0.6) is 5.75 Å². The molecule has 0 unspecified atom stereocenters. The van der Waals surface area contributed by atoms with Gasteiger partial charge in [0, 0.05) is 5.56 Å². The lowest BCUT2D eigenvalue weighted by Crippen LogP contribution is -1.87. The van der Waals surface area contributed by atoms with Gasteiger partial charge in [-0.3, -0.25) is 0 Å². The summed E-state index contributed by atoms with van der Waals surface area (Å²) in [7, 11) is 0. The molecule has 1 heteroatoms. The van der Waals surface area contributed by atoms with Crippen LogP contribution in [0.1, 0.15) is 27.8 Å². The number of rotatable bonds is 2. The Hall–Kier alpha value is -2.28. The molecule has 0 amide bonds. The first-order valence-corrected chi connectivity index (χ1v) is 6.60. The van der Waals surface area contributed by atoms with E-state index in [9.17, 15) is 0 Å². The second-order valence-corrected chi connectivity index (χ2v) is 4.78. The summed E-state index contributed by atoms with van der Waals surface area (Å²) in [6.07, 6.45) is 3.54. The lowest BCUT2D eigenvalue weighted by molar-refractivity contribution is 0.474. The van der Waals surface area contributed by atoms with E-state index in [2.05, 4.69) is 46.1 Å². The number of aryl methyl sites for hydroxylation is 3. The van der Waals surface area contributed by atoms with E-state index in [-0.39, 0.29) is 5.75 Å². The fourth-order valence-corrected chi connectivity index (χ4v) is 2.17. The predicted octanol–water partition coefficient (Wildman–Crippen LogP) is 5.29. The van der Waals surface area contributed by atoms with Crippen LogP contribution in [0.2, 0.25) is 0 Å². The minimum absolute atomic E-state index is 0.285. The molecule has 1 N–H and O–H groups in total. The van der Waals surface area contributed by atoms with Crippen molar-refractivity contribution in [1.29, 1.82) is 0 Å². The van der Waals surface area contributed by atoms with Crippen molar-refractivity contribution < 1.29 is 5.11 Å². The highest BCUT2D eigenvalue weighted by Crippen LogP contribution is 2.17. The molecule has 2 aromatic carbocycles. The summed E-state index contributed by atoms with van der Waals surface area (Å²) < 4.78 is 0. The molecule has 0 aliphatic heterocycles. The Kier molecular flexibility index (Phi) is 5.79.